The summed E-state index contributed by atoms with van der Waals surface area (Å²) >= 11 is 1.40. The van der Waals surface area contributed by atoms with Crippen LogP contribution in [0.25, 0.3) is 0 Å². The summed E-state index contributed by atoms with van der Waals surface area (Å²) in [6.45, 7) is 0.160. The van der Waals surface area contributed by atoms with Gasteiger partial charge >= 0.3 is 11.9 Å². The van der Waals surface area contributed by atoms with E-state index in [2.05, 4.69) is 0 Å². The lowest BCUT2D eigenvalue weighted by Crippen LogP contribution is -2.52. The molecule has 1 rings (SSSR count). The first-order chi connectivity index (χ1) is 6.84. The van der Waals surface area contributed by atoms with Gasteiger partial charge in [-0.15, -0.1) is 0 Å². The minimum Gasteiger partial charge on any atom is -0.474 e. The third-order valence-electron chi connectivity index (χ3n) is 2.02. The number of rotatable bonds is 1. The van der Waals surface area contributed by atoms with Gasteiger partial charge in [0.05, 0.1) is 0 Å². The maximum absolute atomic E-state index is 11.3. The Bertz CT molecular complexity index is 377. The summed E-state index contributed by atoms with van der Waals surface area (Å²) in [4.78, 5) is 22.6. The van der Waals surface area contributed by atoms with Gasteiger partial charge in [0.25, 0.3) is 0 Å². The number of carbonyl (C=O) groups is 2. The van der Waals surface area contributed by atoms with Crippen LogP contribution < -0.4 is 0 Å². The molecule has 0 aromatic carbocycles. The van der Waals surface area contributed by atoms with Gasteiger partial charge in [0.2, 0.25) is 0 Å². The van der Waals surface area contributed by atoms with Crippen molar-refractivity contribution >= 4 is 33.5 Å². The minimum absolute atomic E-state index is 0.160. The second-order valence-electron chi connectivity index (χ2n) is 3.16. The summed E-state index contributed by atoms with van der Waals surface area (Å²) in [7, 11) is -3.43. The van der Waals surface area contributed by atoms with Crippen LogP contribution >= 0.6 is 11.8 Å². The van der Waals surface area contributed by atoms with E-state index in [1.807, 2.05) is 0 Å². The van der Waals surface area contributed by atoms with Crippen LogP contribution in [0.15, 0.2) is 0 Å². The lowest BCUT2D eigenvalue weighted by Gasteiger charge is -2.32. The van der Waals surface area contributed by atoms with Gasteiger partial charge in [-0.05, 0) is 0 Å². The highest BCUT2D eigenvalue weighted by molar-refractivity contribution is 8.00. The van der Waals surface area contributed by atoms with Gasteiger partial charge in [-0.25, -0.2) is 13.2 Å². The van der Waals surface area contributed by atoms with Gasteiger partial charge in [-0.2, -0.15) is 11.8 Å². The molecular formula is C7H11NO5S2. The summed E-state index contributed by atoms with van der Waals surface area (Å²) in [5, 5.41) is 7.51. The highest BCUT2D eigenvalue weighted by atomic mass is 32.2. The predicted octanol–water partition coefficient (Wildman–Crippen LogP) is -0.983. The Labute approximate surface area is 91.5 Å². The molecule has 1 fully saturated rings. The van der Waals surface area contributed by atoms with Crippen molar-refractivity contribution in [3.63, 3.8) is 0 Å². The third-order valence-corrected chi connectivity index (χ3v) is 4.67. The molecule has 0 spiro atoms. The van der Waals surface area contributed by atoms with Crippen LogP contribution in [0, 0.1) is 0 Å². The lowest BCUT2D eigenvalue weighted by atomic mass is 10.4. The molecule has 0 radical (unpaired) electrons. The molecule has 0 aromatic heterocycles. The second kappa shape index (κ2) is 4.40. The van der Waals surface area contributed by atoms with Gasteiger partial charge in [0.15, 0.2) is 9.84 Å². The van der Waals surface area contributed by atoms with Crippen LogP contribution in [0.1, 0.15) is 0 Å². The van der Waals surface area contributed by atoms with E-state index in [-0.39, 0.29) is 12.3 Å². The zero-order valence-corrected chi connectivity index (χ0v) is 9.68. The number of aliphatic carboxylic acids is 1. The second-order valence-corrected chi connectivity index (χ2v) is 6.52. The molecule has 6 nitrogen and oxygen atoms in total. The highest BCUT2D eigenvalue weighted by Gasteiger charge is 2.36. The van der Waals surface area contributed by atoms with Crippen molar-refractivity contribution in [1.29, 1.82) is 0 Å². The van der Waals surface area contributed by atoms with E-state index in [9.17, 15) is 18.0 Å². The Balaban J connectivity index is 2.93. The molecule has 1 N–H and O–H groups in total. The van der Waals surface area contributed by atoms with Gasteiger partial charge in [-0.1, -0.05) is 0 Å². The number of nitrogens with zero attached hydrogens (tertiary/aromatic N) is 1. The minimum atomic E-state index is -3.43. The summed E-state index contributed by atoms with van der Waals surface area (Å²) in [5.74, 6) is -1.97. The van der Waals surface area contributed by atoms with E-state index in [0.717, 1.165) is 11.2 Å². The molecule has 1 amide bonds. The molecular weight excluding hydrogens is 242 g/mol. The Kier molecular flexibility index (Phi) is 3.61. The van der Waals surface area contributed by atoms with E-state index in [1.165, 1.54) is 11.8 Å². The van der Waals surface area contributed by atoms with Crippen LogP contribution in [0.3, 0.4) is 0 Å². The van der Waals surface area contributed by atoms with Crippen LogP contribution in [-0.2, 0) is 19.4 Å². The lowest BCUT2D eigenvalue weighted by molar-refractivity contribution is -0.156. The molecule has 1 atom stereocenters. The molecule has 86 valence electrons. The topological polar surface area (TPSA) is 91.8 Å². The number of thioether (sulfide) groups is 1. The van der Waals surface area contributed by atoms with Crippen LogP contribution in [0.5, 0.6) is 0 Å². The number of carbonyl (C=O) groups excluding carboxylic acids is 1. The molecule has 1 heterocycles. The van der Waals surface area contributed by atoms with Crippen LogP contribution in [-0.4, -0.2) is 60.0 Å². The first-order valence-corrected chi connectivity index (χ1v) is 7.25. The summed E-state index contributed by atoms with van der Waals surface area (Å²) in [6, 6.07) is 0. The van der Waals surface area contributed by atoms with E-state index >= 15 is 0 Å². The molecule has 0 aromatic rings. The van der Waals surface area contributed by atoms with E-state index in [1.54, 1.807) is 0 Å². The Morgan fingerprint density at radius 1 is 1.47 bits per heavy atom. The third kappa shape index (κ3) is 2.85. The molecule has 0 saturated carbocycles. The molecule has 1 aliphatic rings. The van der Waals surface area contributed by atoms with Crippen molar-refractivity contribution < 1.29 is 23.1 Å². The van der Waals surface area contributed by atoms with Crippen LogP contribution in [0.2, 0.25) is 0 Å². The average Bonchev–Trinajstić information content (AvgIpc) is 2.15. The van der Waals surface area contributed by atoms with Gasteiger partial charge < -0.3 is 10.0 Å². The number of carboxylic acid groups (broad SMARTS) is 1. The summed E-state index contributed by atoms with van der Waals surface area (Å²) < 4.78 is 22.6. The molecule has 1 unspecified atom stereocenters. The van der Waals surface area contributed by atoms with Crippen molar-refractivity contribution in [3.8, 4) is 0 Å². The number of hydrogen-bond acceptors (Lipinski definition) is 5. The number of carboxylic acids is 1. The SMILES string of the molecule is CS(=O)(=O)C1CSCCN1C(=O)C(=O)O. The fraction of sp³-hybridized carbons (Fsp3) is 0.714. The maximum Gasteiger partial charge on any atom is 0.394 e. The van der Waals surface area contributed by atoms with Crippen molar-refractivity contribution in [2.24, 2.45) is 0 Å². The normalized spacial score (nSPS) is 22.5. The first kappa shape index (κ1) is 12.3. The Morgan fingerprint density at radius 2 is 2.07 bits per heavy atom. The number of sulfone groups is 1. The predicted molar refractivity (Wildman–Crippen MR) is 55.3 cm³/mol. The van der Waals surface area contributed by atoms with Gasteiger partial charge in [0.1, 0.15) is 5.37 Å². The van der Waals surface area contributed by atoms with Crippen molar-refractivity contribution in [3.05, 3.63) is 0 Å². The largest absolute Gasteiger partial charge is 0.474 e. The first-order valence-electron chi connectivity index (χ1n) is 4.14. The molecule has 1 saturated heterocycles. The standard InChI is InChI=1S/C7H11NO5S2/c1-15(12,13)5-4-14-3-2-8(5)6(9)7(10)11/h5H,2-4H2,1H3,(H,10,11). The van der Waals surface area contributed by atoms with Gasteiger partial charge in [0, 0.05) is 24.3 Å². The van der Waals surface area contributed by atoms with Gasteiger partial charge in [-0.3, -0.25) is 4.79 Å². The quantitative estimate of drug-likeness (QED) is 0.604. The summed E-state index contributed by atoms with van der Waals surface area (Å²) in [5.41, 5.74) is 0. The number of hydrogen-bond donors (Lipinski definition) is 1. The molecule has 0 bridgehead atoms. The fourth-order valence-corrected chi connectivity index (χ4v) is 4.11. The van der Waals surface area contributed by atoms with Crippen molar-refractivity contribution in [2.45, 2.75) is 5.37 Å². The zero-order valence-electron chi connectivity index (χ0n) is 8.04. The summed E-state index contributed by atoms with van der Waals surface area (Å²) in [6.07, 6.45) is 1.01. The van der Waals surface area contributed by atoms with E-state index in [0.29, 0.717) is 5.75 Å². The molecule has 0 aliphatic carbocycles. The van der Waals surface area contributed by atoms with Crippen LogP contribution in [0.4, 0.5) is 0 Å². The zero-order chi connectivity index (χ0) is 11.6. The Hall–Kier alpha value is -0.760. The van der Waals surface area contributed by atoms with Crippen molar-refractivity contribution in [1.82, 2.24) is 4.90 Å². The monoisotopic (exact) mass is 253 g/mol. The number of amides is 1. The molecule has 15 heavy (non-hydrogen) atoms. The van der Waals surface area contributed by atoms with Crippen molar-refractivity contribution in [2.75, 3.05) is 24.3 Å². The van der Waals surface area contributed by atoms with E-state index in [4.69, 9.17) is 5.11 Å². The van der Waals surface area contributed by atoms with E-state index < -0.39 is 27.1 Å². The molecule has 8 heteroatoms. The highest BCUT2D eigenvalue weighted by Crippen LogP contribution is 2.20. The average molecular weight is 253 g/mol. The fourth-order valence-electron chi connectivity index (χ4n) is 1.29. The maximum atomic E-state index is 11.3. The smallest absolute Gasteiger partial charge is 0.394 e. The molecule has 1 aliphatic heterocycles. The Morgan fingerprint density at radius 3 is 2.53 bits per heavy atom.